The van der Waals surface area contributed by atoms with Crippen LogP contribution in [0.4, 0.5) is 16.8 Å². The van der Waals surface area contributed by atoms with Gasteiger partial charge in [-0.25, -0.2) is 18.3 Å². The predicted molar refractivity (Wildman–Crippen MR) is 114 cm³/mol. The van der Waals surface area contributed by atoms with E-state index in [0.29, 0.717) is 0 Å². The molecular weight excluding hydrogens is 564 g/mol. The Kier molecular flexibility index (Phi) is 25.0. The van der Waals surface area contributed by atoms with Crippen LogP contribution in [-0.2, 0) is 18.3 Å². The SMILES string of the molecule is CCCCCCCCN1C=CN(C)C1.O=P(O)(O)F.O=P(O)(O)F.O=P(O)(O)F.O=P(O)(O)F. The lowest BCUT2D eigenvalue weighted by Crippen LogP contribution is -2.23. The van der Waals surface area contributed by atoms with Crippen molar-refractivity contribution in [2.45, 2.75) is 45.4 Å². The molecule has 0 aromatic rings. The molecule has 0 amide bonds. The molecule has 0 aromatic heterocycles. The van der Waals surface area contributed by atoms with E-state index in [2.05, 4.69) is 36.2 Å². The normalized spacial score (nSPS) is 13.4. The van der Waals surface area contributed by atoms with Crippen LogP contribution in [0, 0.1) is 0 Å². The Balaban J connectivity index is -0.000000188. The monoisotopic (exact) mass is 596 g/mol. The topological polar surface area (TPSA) is 237 Å². The van der Waals surface area contributed by atoms with Gasteiger partial charge in [-0.3, -0.25) is 39.1 Å². The van der Waals surface area contributed by atoms with Crippen molar-refractivity contribution in [1.29, 1.82) is 0 Å². The molecule has 0 spiro atoms. The fraction of sp³-hybridized carbons (Fsp3) is 0.833. The van der Waals surface area contributed by atoms with E-state index in [1.54, 1.807) is 0 Å². The summed E-state index contributed by atoms with van der Waals surface area (Å²) in [5.74, 6) is 0. The van der Waals surface area contributed by atoms with E-state index in [-0.39, 0.29) is 0 Å². The number of unbranched alkanes of at least 4 members (excludes halogenated alkanes) is 5. The molecule has 210 valence electrons. The second-order valence-corrected chi connectivity index (χ2v) is 9.95. The van der Waals surface area contributed by atoms with Gasteiger partial charge in [-0.1, -0.05) is 39.0 Å². The van der Waals surface area contributed by atoms with Gasteiger partial charge in [0.1, 0.15) is 0 Å². The van der Waals surface area contributed by atoms with Crippen LogP contribution in [0.15, 0.2) is 12.4 Å². The van der Waals surface area contributed by atoms with Crippen LogP contribution in [-0.4, -0.2) is 69.2 Å². The lowest BCUT2D eigenvalue weighted by molar-refractivity contribution is 0.290. The Hall–Kier alpha value is -0.340. The summed E-state index contributed by atoms with van der Waals surface area (Å²) in [5.41, 5.74) is 0. The molecule has 0 bridgehead atoms. The molecule has 0 aromatic carbocycles. The molecule has 1 rings (SSSR count). The number of halogens is 4. The first kappa shape index (κ1) is 40.8. The molecule has 22 heteroatoms. The predicted octanol–water partition coefficient (Wildman–Crippen LogP) is 3.22. The van der Waals surface area contributed by atoms with Gasteiger partial charge in [-0.05, 0) is 6.42 Å². The van der Waals surface area contributed by atoms with E-state index in [1.165, 1.54) is 45.1 Å². The standard InChI is InChI=1S/C12H24N2.4FH2O3P/c1-3-4-5-6-7-8-9-14-11-10-13(2)12-14;4*1-5(2,3)4/h10-11H,3-9,12H2,1-2H3;4*(H2,2,3,4). The van der Waals surface area contributed by atoms with Crippen molar-refractivity contribution in [3.8, 4) is 0 Å². The third kappa shape index (κ3) is 107. The molecule has 0 unspecified atom stereocenters. The third-order valence-corrected chi connectivity index (χ3v) is 2.74. The highest BCUT2D eigenvalue weighted by Gasteiger charge is 2.07. The minimum atomic E-state index is -5.14. The largest absolute Gasteiger partial charge is 0.507 e. The maximum atomic E-state index is 10.4. The molecule has 1 aliphatic rings. The molecule has 1 heterocycles. The van der Waals surface area contributed by atoms with Gasteiger partial charge in [-0.15, -0.1) is 16.8 Å². The third-order valence-electron chi connectivity index (χ3n) is 2.74. The van der Waals surface area contributed by atoms with E-state index >= 15 is 0 Å². The summed E-state index contributed by atoms with van der Waals surface area (Å²) in [6, 6.07) is 0. The molecule has 0 fully saturated rings. The quantitative estimate of drug-likeness (QED) is 0.120. The van der Waals surface area contributed by atoms with Crippen molar-refractivity contribution in [2.24, 2.45) is 0 Å². The van der Waals surface area contributed by atoms with Crippen LogP contribution in [0.25, 0.3) is 0 Å². The first-order valence-corrected chi connectivity index (χ1v) is 15.0. The summed E-state index contributed by atoms with van der Waals surface area (Å²) in [4.78, 5) is 60.3. The van der Waals surface area contributed by atoms with Crippen LogP contribution < -0.4 is 0 Å². The van der Waals surface area contributed by atoms with Gasteiger partial charge in [0.15, 0.2) is 0 Å². The van der Waals surface area contributed by atoms with Gasteiger partial charge in [0.05, 0.1) is 6.67 Å². The number of hydrogen-bond acceptors (Lipinski definition) is 6. The summed E-state index contributed by atoms with van der Waals surface area (Å²) in [6.45, 7) is 4.58. The first-order valence-electron chi connectivity index (χ1n) is 8.96. The van der Waals surface area contributed by atoms with Gasteiger partial charge in [0.2, 0.25) is 0 Å². The Morgan fingerprint density at radius 3 is 1.21 bits per heavy atom. The van der Waals surface area contributed by atoms with E-state index in [4.69, 9.17) is 57.4 Å². The Morgan fingerprint density at radius 2 is 0.941 bits per heavy atom. The van der Waals surface area contributed by atoms with E-state index in [0.717, 1.165) is 6.67 Å². The summed E-state index contributed by atoms with van der Waals surface area (Å²) < 4.78 is 76.1. The summed E-state index contributed by atoms with van der Waals surface area (Å²) in [7, 11) is -18.4. The van der Waals surface area contributed by atoms with Crippen molar-refractivity contribution in [2.75, 3.05) is 20.3 Å². The lowest BCUT2D eigenvalue weighted by Gasteiger charge is -2.17. The molecule has 0 saturated heterocycles. The highest BCUT2D eigenvalue weighted by Crippen LogP contribution is 2.36. The molecule has 1 aliphatic heterocycles. The number of rotatable bonds is 7. The van der Waals surface area contributed by atoms with Gasteiger partial charge in [0, 0.05) is 26.0 Å². The van der Waals surface area contributed by atoms with Gasteiger partial charge >= 0.3 is 31.6 Å². The van der Waals surface area contributed by atoms with Gasteiger partial charge in [-0.2, -0.15) is 0 Å². The van der Waals surface area contributed by atoms with Crippen LogP contribution >= 0.6 is 31.6 Å². The zero-order valence-electron chi connectivity index (χ0n) is 18.2. The maximum Gasteiger partial charge on any atom is 0.507 e. The second-order valence-electron chi connectivity index (χ2n) is 6.17. The summed E-state index contributed by atoms with van der Waals surface area (Å²) >= 11 is 0. The fourth-order valence-corrected chi connectivity index (χ4v) is 1.83. The molecule has 14 nitrogen and oxygen atoms in total. The van der Waals surface area contributed by atoms with Crippen LogP contribution in [0.1, 0.15) is 45.4 Å². The number of nitrogens with zero attached hydrogens (tertiary/aromatic N) is 2. The first-order chi connectivity index (χ1) is 14.8. The highest BCUT2D eigenvalue weighted by atomic mass is 31.2. The maximum absolute atomic E-state index is 10.4. The van der Waals surface area contributed by atoms with Crippen LogP contribution in [0.2, 0.25) is 0 Å². The Labute approximate surface area is 194 Å². The molecule has 0 atom stereocenters. The molecular formula is C12H32F4N2O12P4. The zero-order chi connectivity index (χ0) is 28.2. The summed E-state index contributed by atoms with van der Waals surface area (Å²) in [5, 5.41) is 0. The van der Waals surface area contributed by atoms with E-state index < -0.39 is 31.6 Å². The number of hydrogen-bond donors (Lipinski definition) is 8. The van der Waals surface area contributed by atoms with Crippen molar-refractivity contribution >= 4 is 31.6 Å². The van der Waals surface area contributed by atoms with Crippen molar-refractivity contribution in [3.05, 3.63) is 12.4 Å². The van der Waals surface area contributed by atoms with Crippen LogP contribution in [0.5, 0.6) is 0 Å². The smallest absolute Gasteiger partial charge is 0.362 e. The molecule has 0 saturated carbocycles. The minimum absolute atomic E-state index is 1.08. The average molecular weight is 596 g/mol. The summed E-state index contributed by atoms with van der Waals surface area (Å²) in [6.07, 6.45) is 12.7. The van der Waals surface area contributed by atoms with E-state index in [9.17, 15) is 16.8 Å². The molecule has 0 aliphatic carbocycles. The molecule has 8 N–H and O–H groups in total. The second kappa shape index (κ2) is 20.8. The van der Waals surface area contributed by atoms with Gasteiger partial charge < -0.3 is 9.80 Å². The average Bonchev–Trinajstić information content (AvgIpc) is 2.89. The Morgan fingerprint density at radius 1 is 0.647 bits per heavy atom. The lowest BCUT2D eigenvalue weighted by atomic mass is 10.1. The van der Waals surface area contributed by atoms with E-state index in [1.807, 2.05) is 0 Å². The van der Waals surface area contributed by atoms with Crippen molar-refractivity contribution < 1.29 is 74.2 Å². The highest BCUT2D eigenvalue weighted by molar-refractivity contribution is 7.46. The zero-order valence-corrected chi connectivity index (χ0v) is 21.8. The van der Waals surface area contributed by atoms with Crippen molar-refractivity contribution in [3.63, 3.8) is 0 Å². The fourth-order valence-electron chi connectivity index (χ4n) is 1.83. The Bertz CT molecular complexity index is 598. The van der Waals surface area contributed by atoms with Crippen LogP contribution in [0.3, 0.4) is 0 Å². The van der Waals surface area contributed by atoms with Crippen molar-refractivity contribution in [1.82, 2.24) is 9.80 Å². The molecule has 34 heavy (non-hydrogen) atoms. The van der Waals surface area contributed by atoms with Gasteiger partial charge in [0.25, 0.3) is 0 Å². The molecule has 0 radical (unpaired) electrons. The minimum Gasteiger partial charge on any atom is -0.362 e.